The molecule has 2 rings (SSSR count). The first kappa shape index (κ1) is 10.1. The van der Waals surface area contributed by atoms with Crippen molar-refractivity contribution in [3.05, 3.63) is 22.5 Å². The molecule has 1 aliphatic heterocycles. The van der Waals surface area contributed by atoms with Gasteiger partial charge in [0, 0.05) is 17.1 Å². The molecule has 5 nitrogen and oxygen atoms in total. The summed E-state index contributed by atoms with van der Waals surface area (Å²) in [5.74, 6) is -1.13. The van der Waals surface area contributed by atoms with Crippen molar-refractivity contribution < 1.29 is 19.8 Å². The van der Waals surface area contributed by atoms with E-state index in [2.05, 4.69) is 0 Å². The van der Waals surface area contributed by atoms with E-state index in [1.165, 1.54) is 0 Å². The average molecular weight is 227 g/mol. The smallest absolute Gasteiger partial charge is 0.338 e. The third kappa shape index (κ3) is 1.32. The molecule has 80 valence electrons. The summed E-state index contributed by atoms with van der Waals surface area (Å²) in [4.78, 5) is 22.0. The van der Waals surface area contributed by atoms with Crippen LogP contribution in [0.1, 0.15) is 32.1 Å². The molecule has 0 unspecified atom stereocenters. The second kappa shape index (κ2) is 3.30. The minimum absolute atomic E-state index is 0.0509. The van der Waals surface area contributed by atoms with Crippen LogP contribution < -0.4 is 0 Å². The quantitative estimate of drug-likeness (QED) is 0.798. The van der Waals surface area contributed by atoms with Crippen LogP contribution in [0.3, 0.4) is 0 Å². The van der Waals surface area contributed by atoms with Gasteiger partial charge in [-0.1, -0.05) is 0 Å². The third-order valence-corrected chi connectivity index (χ3v) is 3.44. The molecule has 0 amide bonds. The van der Waals surface area contributed by atoms with E-state index in [-0.39, 0.29) is 11.1 Å². The number of hydrogen-bond acceptors (Lipinski definition) is 3. The molecule has 2 heterocycles. The number of aromatic nitrogens is 1. The fourth-order valence-corrected chi connectivity index (χ4v) is 2.96. The number of aromatic carboxylic acids is 2. The highest BCUT2D eigenvalue weighted by atomic mass is 32.2. The fourth-order valence-electron chi connectivity index (χ4n) is 1.85. The molecule has 0 atom stereocenters. The van der Waals surface area contributed by atoms with Gasteiger partial charge in [0.1, 0.15) is 0 Å². The van der Waals surface area contributed by atoms with E-state index in [4.69, 9.17) is 10.2 Å². The Bertz CT molecular complexity index is 463. The lowest BCUT2D eigenvalue weighted by molar-refractivity contribution is 0.0651. The summed E-state index contributed by atoms with van der Waals surface area (Å²) in [5.41, 5.74) is 1.02. The molecule has 2 N–H and O–H groups in total. The van der Waals surface area contributed by atoms with Crippen LogP contribution in [-0.2, 0) is 11.6 Å². The largest absolute Gasteiger partial charge is 0.478 e. The predicted octanol–water partition coefficient (Wildman–Crippen LogP) is 1.40. The Balaban J connectivity index is 2.74. The summed E-state index contributed by atoms with van der Waals surface area (Å²) in [5, 5.41) is 18.0. The number of carboxylic acid groups (broad SMARTS) is 2. The zero-order chi connectivity index (χ0) is 11.2. The maximum absolute atomic E-state index is 11.0. The molecule has 0 spiro atoms. The molecule has 15 heavy (non-hydrogen) atoms. The molecule has 0 saturated heterocycles. The molecule has 6 heteroatoms. The lowest BCUT2D eigenvalue weighted by atomic mass is 10.1. The van der Waals surface area contributed by atoms with Gasteiger partial charge in [0.15, 0.2) is 0 Å². The van der Waals surface area contributed by atoms with Gasteiger partial charge in [-0.15, -0.1) is 11.8 Å². The van der Waals surface area contributed by atoms with Gasteiger partial charge in [-0.05, 0) is 6.92 Å². The van der Waals surface area contributed by atoms with Crippen molar-refractivity contribution in [1.82, 2.24) is 4.57 Å². The standard InChI is InChI=1S/C9H9NO4S/c1-4-6(8(11)12)7(9(13)14)5-2-15-3-10(4)5/h2-3H2,1H3,(H,11,12)(H,13,14). The summed E-state index contributed by atoms with van der Waals surface area (Å²) < 4.78 is 1.76. The highest BCUT2D eigenvalue weighted by Gasteiger charge is 2.31. The Morgan fingerprint density at radius 2 is 1.87 bits per heavy atom. The van der Waals surface area contributed by atoms with Gasteiger partial charge in [0.05, 0.1) is 17.0 Å². The summed E-state index contributed by atoms with van der Waals surface area (Å²) in [6.45, 7) is 1.64. The van der Waals surface area contributed by atoms with Gasteiger partial charge in [0.2, 0.25) is 0 Å². The normalized spacial score (nSPS) is 13.9. The molecule has 0 aliphatic carbocycles. The number of fused-ring (bicyclic) bond motifs is 1. The third-order valence-electron chi connectivity index (χ3n) is 2.52. The van der Waals surface area contributed by atoms with E-state index >= 15 is 0 Å². The Labute approximate surface area is 89.7 Å². The number of thioether (sulfide) groups is 1. The number of carbonyl (C=O) groups is 2. The van der Waals surface area contributed by atoms with Gasteiger partial charge in [-0.3, -0.25) is 0 Å². The lowest BCUT2D eigenvalue weighted by Gasteiger charge is -1.99. The Kier molecular flexibility index (Phi) is 2.22. The van der Waals surface area contributed by atoms with E-state index in [1.807, 2.05) is 0 Å². The summed E-state index contributed by atoms with van der Waals surface area (Å²) in [6, 6.07) is 0. The number of nitrogens with zero attached hydrogens (tertiary/aromatic N) is 1. The number of rotatable bonds is 2. The first-order valence-corrected chi connectivity index (χ1v) is 5.45. The SMILES string of the molecule is Cc1c(C(=O)O)c(C(=O)O)c2n1CSC2. The molecule has 1 aromatic rings. The molecule has 0 radical (unpaired) electrons. The van der Waals surface area contributed by atoms with Crippen LogP contribution in [0.5, 0.6) is 0 Å². The maximum Gasteiger partial charge on any atom is 0.338 e. The van der Waals surface area contributed by atoms with Gasteiger partial charge in [0.25, 0.3) is 0 Å². The minimum atomic E-state index is -1.17. The van der Waals surface area contributed by atoms with Crippen molar-refractivity contribution in [3.8, 4) is 0 Å². The molecule has 0 bridgehead atoms. The first-order valence-electron chi connectivity index (χ1n) is 4.30. The second-order valence-corrected chi connectivity index (χ2v) is 4.25. The lowest BCUT2D eigenvalue weighted by Crippen LogP contribution is -2.07. The highest BCUT2D eigenvalue weighted by molar-refractivity contribution is 7.97. The van der Waals surface area contributed by atoms with Crippen LogP contribution in [-0.4, -0.2) is 26.7 Å². The Morgan fingerprint density at radius 1 is 1.27 bits per heavy atom. The Hall–Kier alpha value is -1.43. The van der Waals surface area contributed by atoms with E-state index < -0.39 is 11.9 Å². The van der Waals surface area contributed by atoms with Gasteiger partial charge in [-0.2, -0.15) is 0 Å². The molecular weight excluding hydrogens is 218 g/mol. The zero-order valence-electron chi connectivity index (χ0n) is 7.98. The second-order valence-electron chi connectivity index (χ2n) is 3.30. The zero-order valence-corrected chi connectivity index (χ0v) is 8.80. The predicted molar refractivity (Wildman–Crippen MR) is 54.4 cm³/mol. The van der Waals surface area contributed by atoms with Gasteiger partial charge >= 0.3 is 11.9 Å². The van der Waals surface area contributed by atoms with Crippen LogP contribution in [0.15, 0.2) is 0 Å². The van der Waals surface area contributed by atoms with Crippen LogP contribution in [0, 0.1) is 6.92 Å². The van der Waals surface area contributed by atoms with Crippen molar-refractivity contribution >= 4 is 23.7 Å². The van der Waals surface area contributed by atoms with Crippen LogP contribution >= 0.6 is 11.8 Å². The van der Waals surface area contributed by atoms with Crippen LogP contribution in [0.25, 0.3) is 0 Å². The van der Waals surface area contributed by atoms with Crippen molar-refractivity contribution in [3.63, 3.8) is 0 Å². The first-order chi connectivity index (χ1) is 7.04. The molecule has 1 aromatic heterocycles. The van der Waals surface area contributed by atoms with Gasteiger partial charge < -0.3 is 14.8 Å². The summed E-state index contributed by atoms with van der Waals surface area (Å²) in [6.07, 6.45) is 0. The van der Waals surface area contributed by atoms with Crippen LogP contribution in [0.2, 0.25) is 0 Å². The summed E-state index contributed by atoms with van der Waals surface area (Å²) in [7, 11) is 0. The average Bonchev–Trinajstić information content (AvgIpc) is 2.66. The molecule has 0 fully saturated rings. The van der Waals surface area contributed by atoms with E-state index in [0.29, 0.717) is 23.0 Å². The minimum Gasteiger partial charge on any atom is -0.478 e. The van der Waals surface area contributed by atoms with Crippen LogP contribution in [0.4, 0.5) is 0 Å². The van der Waals surface area contributed by atoms with E-state index in [0.717, 1.165) is 0 Å². The molecule has 1 aliphatic rings. The van der Waals surface area contributed by atoms with Crippen molar-refractivity contribution in [2.24, 2.45) is 0 Å². The number of carboxylic acids is 2. The molecular formula is C9H9NO4S. The topological polar surface area (TPSA) is 79.5 Å². The Morgan fingerprint density at radius 3 is 2.40 bits per heavy atom. The molecule has 0 aromatic carbocycles. The highest BCUT2D eigenvalue weighted by Crippen LogP contribution is 2.33. The number of hydrogen-bond donors (Lipinski definition) is 2. The molecule has 0 saturated carbocycles. The summed E-state index contributed by atoms with van der Waals surface area (Å²) >= 11 is 1.58. The van der Waals surface area contributed by atoms with E-state index in [1.54, 1.807) is 23.3 Å². The van der Waals surface area contributed by atoms with E-state index in [9.17, 15) is 9.59 Å². The van der Waals surface area contributed by atoms with Crippen molar-refractivity contribution in [2.45, 2.75) is 18.6 Å². The fraction of sp³-hybridized carbons (Fsp3) is 0.333. The van der Waals surface area contributed by atoms with Crippen molar-refractivity contribution in [1.29, 1.82) is 0 Å². The maximum atomic E-state index is 11.0. The van der Waals surface area contributed by atoms with Gasteiger partial charge in [-0.25, -0.2) is 9.59 Å². The van der Waals surface area contributed by atoms with Crippen molar-refractivity contribution in [2.75, 3.05) is 0 Å². The monoisotopic (exact) mass is 227 g/mol.